The highest BCUT2D eigenvalue weighted by Gasteiger charge is 2.46. The van der Waals surface area contributed by atoms with Crippen LogP contribution in [0.3, 0.4) is 0 Å². The van der Waals surface area contributed by atoms with E-state index >= 15 is 0 Å². The van der Waals surface area contributed by atoms with Crippen LogP contribution in [0.15, 0.2) is 12.3 Å². The van der Waals surface area contributed by atoms with Gasteiger partial charge in [-0.1, -0.05) is 0 Å². The van der Waals surface area contributed by atoms with E-state index in [0.29, 0.717) is 38.2 Å². The maximum absolute atomic E-state index is 12.0. The summed E-state index contributed by atoms with van der Waals surface area (Å²) in [5.74, 6) is 0.727. The van der Waals surface area contributed by atoms with Crippen molar-refractivity contribution >= 4 is 10.0 Å². The Hall–Kier alpha value is -1.25. The summed E-state index contributed by atoms with van der Waals surface area (Å²) in [4.78, 5) is 8.28. The number of hydrogen-bond donors (Lipinski definition) is 0. The van der Waals surface area contributed by atoms with Gasteiger partial charge in [0.05, 0.1) is 25.1 Å². The van der Waals surface area contributed by atoms with Gasteiger partial charge in [0, 0.05) is 30.9 Å². The van der Waals surface area contributed by atoms with E-state index in [2.05, 4.69) is 9.97 Å². The summed E-state index contributed by atoms with van der Waals surface area (Å²) in [6.07, 6.45) is 2.52. The molecule has 23 heavy (non-hydrogen) atoms. The third kappa shape index (κ3) is 3.64. The molecule has 2 fully saturated rings. The van der Waals surface area contributed by atoms with Gasteiger partial charge in [0.2, 0.25) is 10.0 Å². The van der Waals surface area contributed by atoms with Gasteiger partial charge in [-0.25, -0.2) is 18.4 Å². The minimum atomic E-state index is -3.13. The first-order valence-electron chi connectivity index (χ1n) is 8.01. The SMILES string of the molecule is CCS(=O)(=O)N1C[C@@H]2[C@H](CCOc3nccc(C)n3)CO[C@@H]2C1. The number of sulfonamides is 1. The van der Waals surface area contributed by atoms with Crippen LogP contribution in [0.4, 0.5) is 0 Å². The van der Waals surface area contributed by atoms with E-state index in [0.717, 1.165) is 12.1 Å². The number of hydrogen-bond acceptors (Lipinski definition) is 6. The normalized spacial score (nSPS) is 28.0. The van der Waals surface area contributed by atoms with Gasteiger partial charge < -0.3 is 9.47 Å². The van der Waals surface area contributed by atoms with Crippen LogP contribution < -0.4 is 4.74 Å². The van der Waals surface area contributed by atoms with Crippen molar-refractivity contribution in [3.63, 3.8) is 0 Å². The van der Waals surface area contributed by atoms with E-state index < -0.39 is 10.0 Å². The molecule has 0 amide bonds. The lowest BCUT2D eigenvalue weighted by Crippen LogP contribution is -2.32. The molecule has 0 saturated carbocycles. The number of aromatic nitrogens is 2. The van der Waals surface area contributed by atoms with Crippen molar-refractivity contribution in [3.05, 3.63) is 18.0 Å². The first-order chi connectivity index (χ1) is 11.0. The minimum absolute atomic E-state index is 0.0246. The largest absolute Gasteiger partial charge is 0.463 e. The summed E-state index contributed by atoms with van der Waals surface area (Å²) in [5.41, 5.74) is 0.871. The lowest BCUT2D eigenvalue weighted by Gasteiger charge is -2.19. The second-order valence-electron chi connectivity index (χ2n) is 6.13. The van der Waals surface area contributed by atoms with Crippen LogP contribution in [-0.2, 0) is 14.8 Å². The highest BCUT2D eigenvalue weighted by Crippen LogP contribution is 2.36. The van der Waals surface area contributed by atoms with Gasteiger partial charge in [0.1, 0.15) is 0 Å². The maximum atomic E-state index is 12.0. The molecular formula is C15H23N3O4S. The van der Waals surface area contributed by atoms with Crippen molar-refractivity contribution in [2.24, 2.45) is 11.8 Å². The Kier molecular flexibility index (Phi) is 4.84. The summed E-state index contributed by atoms with van der Waals surface area (Å²) < 4.78 is 37.0. The molecule has 0 spiro atoms. The zero-order valence-electron chi connectivity index (χ0n) is 13.5. The highest BCUT2D eigenvalue weighted by atomic mass is 32.2. The molecule has 0 bridgehead atoms. The second-order valence-corrected chi connectivity index (χ2v) is 8.39. The molecule has 8 heteroatoms. The van der Waals surface area contributed by atoms with E-state index in [4.69, 9.17) is 9.47 Å². The van der Waals surface area contributed by atoms with Gasteiger partial charge in [0.25, 0.3) is 0 Å². The maximum Gasteiger partial charge on any atom is 0.316 e. The van der Waals surface area contributed by atoms with Crippen LogP contribution in [0, 0.1) is 18.8 Å². The molecule has 3 heterocycles. The number of aryl methyl sites for hydroxylation is 1. The van der Waals surface area contributed by atoms with Crippen molar-refractivity contribution in [2.75, 3.05) is 32.1 Å². The lowest BCUT2D eigenvalue weighted by molar-refractivity contribution is 0.102. The van der Waals surface area contributed by atoms with E-state index in [1.165, 1.54) is 0 Å². The van der Waals surface area contributed by atoms with Crippen LogP contribution in [-0.4, -0.2) is 60.9 Å². The summed E-state index contributed by atoms with van der Waals surface area (Å²) >= 11 is 0. The number of ether oxygens (including phenoxy) is 2. The fourth-order valence-electron chi connectivity index (χ4n) is 3.27. The third-order valence-corrected chi connectivity index (χ3v) is 6.47. The zero-order chi connectivity index (χ0) is 16.4. The number of rotatable bonds is 6. The molecule has 0 N–H and O–H groups in total. The Balaban J connectivity index is 1.52. The third-order valence-electron chi connectivity index (χ3n) is 4.66. The summed E-state index contributed by atoms with van der Waals surface area (Å²) in [7, 11) is -3.13. The number of fused-ring (bicyclic) bond motifs is 1. The Morgan fingerprint density at radius 2 is 2.26 bits per heavy atom. The fraction of sp³-hybridized carbons (Fsp3) is 0.733. The van der Waals surface area contributed by atoms with E-state index in [9.17, 15) is 8.42 Å². The van der Waals surface area contributed by atoms with Crippen molar-refractivity contribution < 1.29 is 17.9 Å². The summed E-state index contributed by atoms with van der Waals surface area (Å²) in [6, 6.07) is 2.21. The van der Waals surface area contributed by atoms with Crippen LogP contribution in [0.1, 0.15) is 19.0 Å². The Labute approximate surface area is 137 Å². The molecule has 2 aliphatic heterocycles. The average molecular weight is 341 g/mol. The lowest BCUT2D eigenvalue weighted by atomic mass is 9.91. The summed E-state index contributed by atoms with van der Waals surface area (Å²) in [5, 5.41) is 0. The summed E-state index contributed by atoms with van der Waals surface area (Å²) in [6.45, 7) is 5.81. The predicted molar refractivity (Wildman–Crippen MR) is 84.6 cm³/mol. The van der Waals surface area contributed by atoms with Gasteiger partial charge in [-0.05, 0) is 32.3 Å². The molecule has 0 aliphatic carbocycles. The molecule has 1 aromatic rings. The van der Waals surface area contributed by atoms with Crippen LogP contribution in [0.5, 0.6) is 6.01 Å². The first-order valence-corrected chi connectivity index (χ1v) is 9.62. The van der Waals surface area contributed by atoms with Gasteiger partial charge in [-0.3, -0.25) is 0 Å². The van der Waals surface area contributed by atoms with E-state index in [1.807, 2.05) is 13.0 Å². The molecule has 3 rings (SSSR count). The predicted octanol–water partition coefficient (Wildman–Crippen LogP) is 0.850. The van der Waals surface area contributed by atoms with Crippen molar-refractivity contribution in [1.29, 1.82) is 0 Å². The second kappa shape index (κ2) is 6.70. The van der Waals surface area contributed by atoms with Gasteiger partial charge in [0.15, 0.2) is 0 Å². The van der Waals surface area contributed by atoms with Crippen molar-refractivity contribution in [1.82, 2.24) is 14.3 Å². The number of nitrogens with zero attached hydrogens (tertiary/aromatic N) is 3. The van der Waals surface area contributed by atoms with E-state index in [1.54, 1.807) is 17.4 Å². The van der Waals surface area contributed by atoms with E-state index in [-0.39, 0.29) is 17.8 Å². The van der Waals surface area contributed by atoms with Crippen molar-refractivity contribution in [3.8, 4) is 6.01 Å². The zero-order valence-corrected chi connectivity index (χ0v) is 14.3. The van der Waals surface area contributed by atoms with Crippen LogP contribution in [0.2, 0.25) is 0 Å². The molecule has 128 valence electrons. The Morgan fingerprint density at radius 1 is 1.43 bits per heavy atom. The molecule has 0 radical (unpaired) electrons. The smallest absolute Gasteiger partial charge is 0.316 e. The molecule has 0 unspecified atom stereocenters. The van der Waals surface area contributed by atoms with Gasteiger partial charge in [-0.15, -0.1) is 0 Å². The Morgan fingerprint density at radius 3 is 3.00 bits per heavy atom. The molecule has 1 aromatic heterocycles. The minimum Gasteiger partial charge on any atom is -0.463 e. The molecule has 2 aliphatic rings. The average Bonchev–Trinajstić information content (AvgIpc) is 3.09. The molecule has 3 atom stereocenters. The first kappa shape index (κ1) is 16.6. The quantitative estimate of drug-likeness (QED) is 0.763. The standard InChI is InChI=1S/C15H23N3O4S/c1-3-23(19,20)18-8-13-12(10-22-14(13)9-18)5-7-21-15-16-6-4-11(2)17-15/h4,6,12-14H,3,5,7-10H2,1-2H3/t12-,13-,14-/m1/s1. The topological polar surface area (TPSA) is 81.6 Å². The molecule has 7 nitrogen and oxygen atoms in total. The van der Waals surface area contributed by atoms with Gasteiger partial charge >= 0.3 is 6.01 Å². The van der Waals surface area contributed by atoms with Gasteiger partial charge in [-0.2, -0.15) is 4.31 Å². The Bertz CT molecular complexity index is 652. The highest BCUT2D eigenvalue weighted by molar-refractivity contribution is 7.89. The molecule has 0 aromatic carbocycles. The van der Waals surface area contributed by atoms with Crippen molar-refractivity contribution in [2.45, 2.75) is 26.4 Å². The monoisotopic (exact) mass is 341 g/mol. The van der Waals surface area contributed by atoms with Crippen LogP contribution >= 0.6 is 0 Å². The fourth-order valence-corrected chi connectivity index (χ4v) is 4.41. The van der Waals surface area contributed by atoms with Crippen LogP contribution in [0.25, 0.3) is 0 Å². The molecule has 2 saturated heterocycles. The molecular weight excluding hydrogens is 318 g/mol.